The van der Waals surface area contributed by atoms with Gasteiger partial charge in [-0.15, -0.1) is 0 Å². The van der Waals surface area contributed by atoms with Crippen molar-refractivity contribution >= 4 is 0 Å². The SMILES string of the molecule is CCC.CCCCC.CCCCCC.CCCCCCCC. The molecule has 140 valence electrons. The van der Waals surface area contributed by atoms with Crippen LogP contribution in [0.4, 0.5) is 0 Å². The molecule has 0 spiro atoms. The first kappa shape index (κ1) is 29.9. The number of hydrogen-bond acceptors (Lipinski definition) is 0. The predicted molar refractivity (Wildman–Crippen MR) is 110 cm³/mol. The Balaban J connectivity index is -0.000000104. The van der Waals surface area contributed by atoms with Crippen molar-refractivity contribution in [2.45, 2.75) is 145 Å². The van der Waals surface area contributed by atoms with Crippen molar-refractivity contribution in [2.75, 3.05) is 0 Å². The summed E-state index contributed by atoms with van der Waals surface area (Å²) in [4.78, 5) is 0. The Kier molecular flexibility index (Phi) is 58.3. The van der Waals surface area contributed by atoms with Crippen molar-refractivity contribution in [2.24, 2.45) is 0 Å². The molecule has 0 nitrogen and oxygen atoms in total. The summed E-state index contributed by atoms with van der Waals surface area (Å²) in [6.07, 6.45) is 19.4. The minimum absolute atomic E-state index is 1.25. The second-order valence-corrected chi connectivity index (χ2v) is 6.18. The van der Waals surface area contributed by atoms with Crippen LogP contribution in [0.25, 0.3) is 0 Å². The van der Waals surface area contributed by atoms with Crippen LogP contribution < -0.4 is 0 Å². The maximum absolute atomic E-state index is 2.26. The zero-order valence-electron chi connectivity index (χ0n) is 17.9. The van der Waals surface area contributed by atoms with Crippen molar-refractivity contribution in [1.82, 2.24) is 0 Å². The average Bonchev–Trinajstić information content (AvgIpc) is 2.52. The van der Waals surface area contributed by atoms with Crippen LogP contribution >= 0.6 is 0 Å². The lowest BCUT2D eigenvalue weighted by Crippen LogP contribution is -1.73. The van der Waals surface area contributed by atoms with E-state index in [9.17, 15) is 0 Å². The van der Waals surface area contributed by atoms with E-state index in [1.165, 1.54) is 89.9 Å². The van der Waals surface area contributed by atoms with E-state index in [1.54, 1.807) is 0 Å². The van der Waals surface area contributed by atoms with E-state index >= 15 is 0 Å². The van der Waals surface area contributed by atoms with Crippen LogP contribution in [0.3, 0.4) is 0 Å². The van der Waals surface area contributed by atoms with Crippen LogP contribution in [0.5, 0.6) is 0 Å². The molecule has 22 heavy (non-hydrogen) atoms. The Labute approximate surface area is 145 Å². The molecule has 0 N–H and O–H groups in total. The zero-order valence-corrected chi connectivity index (χ0v) is 17.9. The van der Waals surface area contributed by atoms with Crippen molar-refractivity contribution in [3.63, 3.8) is 0 Å². The largest absolute Gasteiger partial charge is 0.0656 e. The van der Waals surface area contributed by atoms with Crippen molar-refractivity contribution < 1.29 is 0 Å². The molecule has 0 aromatic heterocycles. The van der Waals surface area contributed by atoms with Crippen LogP contribution in [-0.2, 0) is 0 Å². The quantitative estimate of drug-likeness (QED) is 0.352. The summed E-state index contributed by atoms with van der Waals surface area (Å²) < 4.78 is 0. The highest BCUT2D eigenvalue weighted by Crippen LogP contribution is 2.03. The monoisotopic (exact) mass is 316 g/mol. The van der Waals surface area contributed by atoms with Gasteiger partial charge >= 0.3 is 0 Å². The Morgan fingerprint density at radius 2 is 0.455 bits per heavy atom. The van der Waals surface area contributed by atoms with Crippen molar-refractivity contribution in [1.29, 1.82) is 0 Å². The van der Waals surface area contributed by atoms with Crippen LogP contribution in [0, 0.1) is 0 Å². The highest BCUT2D eigenvalue weighted by molar-refractivity contribution is 4.39. The third-order valence-corrected chi connectivity index (χ3v) is 3.12. The normalized spacial score (nSPS) is 8.73. The molecule has 0 amide bonds. The van der Waals surface area contributed by atoms with E-state index in [2.05, 4.69) is 55.4 Å². The number of unbranched alkanes of at least 4 members (excludes halogenated alkanes) is 10. The van der Waals surface area contributed by atoms with E-state index in [1.807, 2.05) is 0 Å². The lowest BCUT2D eigenvalue weighted by atomic mass is 10.1. The van der Waals surface area contributed by atoms with Crippen LogP contribution in [0.1, 0.15) is 145 Å². The number of rotatable bonds is 10. The molecule has 0 atom stereocenters. The second-order valence-electron chi connectivity index (χ2n) is 6.18. The van der Waals surface area contributed by atoms with Gasteiger partial charge in [-0.05, 0) is 0 Å². The first-order chi connectivity index (χ1) is 10.7. The molecule has 0 bridgehead atoms. The molecule has 0 radical (unpaired) electrons. The summed E-state index contributed by atoms with van der Waals surface area (Å²) in [7, 11) is 0. The molecular weight excluding hydrogens is 264 g/mol. The summed E-state index contributed by atoms with van der Waals surface area (Å²) in [6.45, 7) is 17.6. The summed E-state index contributed by atoms with van der Waals surface area (Å²) in [5.74, 6) is 0. The van der Waals surface area contributed by atoms with Gasteiger partial charge < -0.3 is 0 Å². The molecule has 0 aliphatic carbocycles. The average molecular weight is 317 g/mol. The van der Waals surface area contributed by atoms with Gasteiger partial charge in [0.15, 0.2) is 0 Å². The fourth-order valence-corrected chi connectivity index (χ4v) is 1.71. The van der Waals surface area contributed by atoms with Gasteiger partial charge in [0.1, 0.15) is 0 Å². The van der Waals surface area contributed by atoms with E-state index in [4.69, 9.17) is 0 Å². The molecule has 0 aromatic rings. The van der Waals surface area contributed by atoms with Crippen LogP contribution in [0.15, 0.2) is 0 Å². The van der Waals surface area contributed by atoms with Gasteiger partial charge in [-0.2, -0.15) is 0 Å². The summed E-state index contributed by atoms with van der Waals surface area (Å²) in [6, 6.07) is 0. The fraction of sp³-hybridized carbons (Fsp3) is 1.00. The molecule has 0 saturated heterocycles. The molecule has 0 aromatic carbocycles. The van der Waals surface area contributed by atoms with Gasteiger partial charge in [0, 0.05) is 0 Å². The minimum Gasteiger partial charge on any atom is -0.0656 e. The lowest BCUT2D eigenvalue weighted by Gasteiger charge is -1.93. The highest BCUT2D eigenvalue weighted by Gasteiger charge is 1.83. The third kappa shape index (κ3) is 72.2. The van der Waals surface area contributed by atoms with Gasteiger partial charge in [-0.3, -0.25) is 0 Å². The molecule has 0 heterocycles. The molecule has 0 rings (SSSR count). The van der Waals surface area contributed by atoms with Crippen molar-refractivity contribution in [3.8, 4) is 0 Å². The van der Waals surface area contributed by atoms with Gasteiger partial charge in [0.25, 0.3) is 0 Å². The smallest absolute Gasteiger partial charge is 0.0533 e. The second kappa shape index (κ2) is 42.9. The maximum atomic E-state index is 2.26. The van der Waals surface area contributed by atoms with E-state index in [0.29, 0.717) is 0 Å². The standard InChI is InChI=1S/C8H18.C6H14.C5H12.C3H8/c1-3-5-7-8-6-4-2;1-3-5-6-4-2;1-3-5-4-2;1-3-2/h3-8H2,1-2H3;3-6H2,1-2H3;3-5H2,1-2H3;3H2,1-2H3. The first-order valence-electron chi connectivity index (χ1n) is 10.7. The van der Waals surface area contributed by atoms with Gasteiger partial charge in [0.05, 0.1) is 0 Å². The van der Waals surface area contributed by atoms with Crippen LogP contribution in [-0.4, -0.2) is 0 Å². The summed E-state index contributed by atoms with van der Waals surface area (Å²) in [5.41, 5.74) is 0. The highest BCUT2D eigenvalue weighted by atomic mass is 13.9. The van der Waals surface area contributed by atoms with E-state index in [-0.39, 0.29) is 0 Å². The Morgan fingerprint density at radius 1 is 0.273 bits per heavy atom. The zero-order chi connectivity index (χ0) is 17.9. The summed E-state index contributed by atoms with van der Waals surface area (Å²) >= 11 is 0. The van der Waals surface area contributed by atoms with Gasteiger partial charge in [-0.25, -0.2) is 0 Å². The molecule has 0 aliphatic rings. The van der Waals surface area contributed by atoms with E-state index in [0.717, 1.165) is 0 Å². The molecule has 0 unspecified atom stereocenters. The number of hydrogen-bond donors (Lipinski definition) is 0. The lowest BCUT2D eigenvalue weighted by molar-refractivity contribution is 0.624. The maximum Gasteiger partial charge on any atom is -0.0533 e. The first-order valence-corrected chi connectivity index (χ1v) is 10.7. The third-order valence-electron chi connectivity index (χ3n) is 3.12. The van der Waals surface area contributed by atoms with Gasteiger partial charge in [-0.1, -0.05) is 145 Å². The Bertz CT molecular complexity index is 94.6. The predicted octanol–water partition coefficient (Wildman–Crippen LogP) is 9.57. The molecular formula is C22H52. The molecule has 0 saturated carbocycles. The fourth-order valence-electron chi connectivity index (χ4n) is 1.71. The topological polar surface area (TPSA) is 0 Å². The van der Waals surface area contributed by atoms with E-state index < -0.39 is 0 Å². The Hall–Kier alpha value is 0. The molecule has 0 aliphatic heterocycles. The minimum atomic E-state index is 1.25. The molecule has 0 heteroatoms. The molecule has 0 fully saturated rings. The van der Waals surface area contributed by atoms with Crippen molar-refractivity contribution in [3.05, 3.63) is 0 Å². The van der Waals surface area contributed by atoms with Gasteiger partial charge in [0.2, 0.25) is 0 Å². The Morgan fingerprint density at radius 3 is 0.591 bits per heavy atom. The van der Waals surface area contributed by atoms with Crippen LogP contribution in [0.2, 0.25) is 0 Å². The summed E-state index contributed by atoms with van der Waals surface area (Å²) in [5, 5.41) is 0.